The number of pyridine rings is 1. The van der Waals surface area contributed by atoms with Crippen LogP contribution in [0.15, 0.2) is 36.5 Å². The lowest BCUT2D eigenvalue weighted by Gasteiger charge is -2.47. The lowest BCUT2D eigenvalue weighted by Crippen LogP contribution is -2.53. The second kappa shape index (κ2) is 17.5. The van der Waals surface area contributed by atoms with Gasteiger partial charge < -0.3 is 25.8 Å². The number of carbonyl (C=O) groups excluding carboxylic acids is 1. The van der Waals surface area contributed by atoms with E-state index in [1.54, 1.807) is 32.5 Å². The van der Waals surface area contributed by atoms with Crippen molar-refractivity contribution in [1.29, 1.82) is 0 Å². The molecule has 2 aliphatic rings. The number of aromatic nitrogens is 1. The van der Waals surface area contributed by atoms with Gasteiger partial charge in [-0.15, -0.1) is 0 Å². The number of nitrogens with zero attached hydrogens (tertiary/aromatic N) is 2. The number of nitrogens with two attached hydrogens (primary N) is 2. The van der Waals surface area contributed by atoms with E-state index in [0.29, 0.717) is 50.0 Å². The quantitative estimate of drug-likeness (QED) is 0.305. The van der Waals surface area contributed by atoms with E-state index in [1.807, 2.05) is 30.0 Å². The van der Waals surface area contributed by atoms with E-state index < -0.39 is 11.6 Å². The fourth-order valence-electron chi connectivity index (χ4n) is 5.40. The van der Waals surface area contributed by atoms with Crippen LogP contribution in [-0.2, 0) is 9.53 Å². The number of amides is 1. The molecule has 0 spiro atoms. The van der Waals surface area contributed by atoms with Gasteiger partial charge in [-0.05, 0) is 93.3 Å². The van der Waals surface area contributed by atoms with E-state index in [1.165, 1.54) is 6.92 Å². The number of ether oxygens (including phenoxy) is 2. The molecule has 4 rings (SSSR count). The average molecular weight is 613 g/mol. The van der Waals surface area contributed by atoms with Crippen LogP contribution in [0.4, 0.5) is 17.6 Å². The Morgan fingerprint density at radius 3 is 2.21 bits per heavy atom. The topological polar surface area (TPSA) is 104 Å². The fourth-order valence-corrected chi connectivity index (χ4v) is 5.40. The summed E-state index contributed by atoms with van der Waals surface area (Å²) in [7, 11) is 3.25. The Balaban J connectivity index is 0.000000836. The second-order valence-corrected chi connectivity index (χ2v) is 11.6. The van der Waals surface area contributed by atoms with Crippen LogP contribution < -0.4 is 16.2 Å². The monoisotopic (exact) mass is 612 g/mol. The zero-order chi connectivity index (χ0) is 32.0. The highest BCUT2D eigenvalue weighted by Gasteiger charge is 2.58. The van der Waals surface area contributed by atoms with E-state index >= 15 is 0 Å². The maximum atomic E-state index is 14.7. The molecule has 1 aliphatic heterocycles. The number of alkyl halides is 3. The van der Waals surface area contributed by atoms with Crippen molar-refractivity contribution < 1.29 is 31.8 Å². The fraction of sp³-hybridized carbons (Fsp3) is 0.625. The maximum absolute atomic E-state index is 14.7. The number of hydrogen-bond donors (Lipinski definition) is 2. The molecule has 7 nitrogen and oxygen atoms in total. The minimum atomic E-state index is -4.11. The SMILES string of the molecule is CC(CCCN)c1ccc(-c2ccc(OCC3CCN(CC4(C(F)(F)F)CCC4)CC3)nc2)cc1F.CC(N)=O.COC. The van der Waals surface area contributed by atoms with Gasteiger partial charge in [-0.2, -0.15) is 13.2 Å². The molecule has 2 fully saturated rings. The average Bonchev–Trinajstić information content (AvgIpc) is 2.93. The van der Waals surface area contributed by atoms with Crippen LogP contribution in [0.3, 0.4) is 0 Å². The first-order valence-corrected chi connectivity index (χ1v) is 14.9. The van der Waals surface area contributed by atoms with E-state index in [2.05, 4.69) is 15.5 Å². The van der Waals surface area contributed by atoms with Crippen molar-refractivity contribution in [3.05, 3.63) is 47.9 Å². The first kappa shape index (κ1) is 36.4. The van der Waals surface area contributed by atoms with Crippen molar-refractivity contribution in [2.24, 2.45) is 22.8 Å². The molecule has 0 bridgehead atoms. The highest BCUT2D eigenvalue weighted by molar-refractivity contribution is 5.70. The van der Waals surface area contributed by atoms with Crippen LogP contribution in [0.25, 0.3) is 11.1 Å². The first-order valence-electron chi connectivity index (χ1n) is 14.9. The number of hydrogen-bond acceptors (Lipinski definition) is 6. The second-order valence-electron chi connectivity index (χ2n) is 11.6. The highest BCUT2D eigenvalue weighted by atomic mass is 19.4. The number of carbonyl (C=O) groups is 1. The first-order chi connectivity index (χ1) is 20.4. The minimum Gasteiger partial charge on any atom is -0.477 e. The Morgan fingerprint density at radius 1 is 1.14 bits per heavy atom. The summed E-state index contributed by atoms with van der Waals surface area (Å²) in [5.41, 5.74) is 10.8. The Labute approximate surface area is 253 Å². The summed E-state index contributed by atoms with van der Waals surface area (Å²) in [5.74, 6) is 0.363. The third-order valence-electron chi connectivity index (χ3n) is 8.05. The van der Waals surface area contributed by atoms with E-state index in [0.717, 1.165) is 36.8 Å². The molecule has 4 N–H and O–H groups in total. The summed E-state index contributed by atoms with van der Waals surface area (Å²) in [4.78, 5) is 15.6. The van der Waals surface area contributed by atoms with Gasteiger partial charge in [-0.3, -0.25) is 4.79 Å². The van der Waals surface area contributed by atoms with Gasteiger partial charge in [-0.1, -0.05) is 25.5 Å². The molecule has 1 aliphatic carbocycles. The molecular weight excluding hydrogens is 564 g/mol. The predicted octanol–water partition coefficient (Wildman–Crippen LogP) is 6.31. The summed E-state index contributed by atoms with van der Waals surface area (Å²) in [6.07, 6.45) is 2.11. The van der Waals surface area contributed by atoms with Crippen molar-refractivity contribution in [3.8, 4) is 17.0 Å². The zero-order valence-electron chi connectivity index (χ0n) is 25.9. The molecule has 2 heterocycles. The molecule has 11 heteroatoms. The van der Waals surface area contributed by atoms with E-state index in [9.17, 15) is 22.4 Å². The van der Waals surface area contributed by atoms with Gasteiger partial charge in [0.15, 0.2) is 0 Å². The van der Waals surface area contributed by atoms with Crippen molar-refractivity contribution in [3.63, 3.8) is 0 Å². The largest absolute Gasteiger partial charge is 0.477 e. The molecule has 1 amide bonds. The lowest BCUT2D eigenvalue weighted by atomic mass is 9.67. The summed E-state index contributed by atoms with van der Waals surface area (Å²) in [6, 6.07) is 8.95. The van der Waals surface area contributed by atoms with Crippen LogP contribution in [-0.4, -0.2) is 69.0 Å². The number of benzene rings is 1. The molecule has 1 aromatic heterocycles. The Kier molecular flexibility index (Phi) is 14.8. The standard InChI is InChI=1S/C28H37F4N3O.C2H5NO.C2H6O/c1-20(4-2-13-33)24-7-5-22(16-25(24)29)23-6-8-26(34-17-23)36-18-21-9-14-35(15-10-21)19-27(11-3-12-27)28(30,31)32;1-2(3)4;1-3-2/h5-8,16-17,20-21H,2-4,9-15,18-19,33H2,1H3;1H3,(H2,3,4);1-2H3. The van der Waals surface area contributed by atoms with E-state index in [4.69, 9.17) is 10.5 Å². The Bertz CT molecular complexity index is 1100. The molecule has 0 radical (unpaired) electrons. The van der Waals surface area contributed by atoms with Crippen LogP contribution in [0.5, 0.6) is 5.88 Å². The normalized spacial score (nSPS) is 17.4. The third kappa shape index (κ3) is 11.4. The highest BCUT2D eigenvalue weighted by Crippen LogP contribution is 2.53. The summed E-state index contributed by atoms with van der Waals surface area (Å²) < 4.78 is 65.2. The molecule has 43 heavy (non-hydrogen) atoms. The van der Waals surface area contributed by atoms with Gasteiger partial charge >= 0.3 is 6.18 Å². The van der Waals surface area contributed by atoms with E-state index in [-0.39, 0.29) is 37.0 Å². The summed E-state index contributed by atoms with van der Waals surface area (Å²) >= 11 is 0. The number of methoxy groups -OCH3 is 1. The molecular formula is C32H48F4N4O3. The predicted molar refractivity (Wildman–Crippen MR) is 161 cm³/mol. The van der Waals surface area contributed by atoms with Gasteiger partial charge in [-0.25, -0.2) is 9.37 Å². The molecule has 1 saturated heterocycles. The molecule has 2 aromatic rings. The van der Waals surface area contributed by atoms with Gasteiger partial charge in [0.1, 0.15) is 5.82 Å². The minimum absolute atomic E-state index is 0.118. The third-order valence-corrected chi connectivity index (χ3v) is 8.05. The number of rotatable bonds is 10. The Morgan fingerprint density at radius 2 is 1.74 bits per heavy atom. The van der Waals surface area contributed by atoms with Gasteiger partial charge in [0.05, 0.1) is 12.0 Å². The number of likely N-dealkylation sites (tertiary alicyclic amines) is 1. The van der Waals surface area contributed by atoms with Crippen LogP contribution in [0.1, 0.15) is 70.3 Å². The number of piperidine rings is 1. The van der Waals surface area contributed by atoms with Crippen molar-refractivity contribution in [2.75, 3.05) is 47.0 Å². The molecule has 1 unspecified atom stereocenters. The zero-order valence-corrected chi connectivity index (χ0v) is 25.9. The van der Waals surface area contributed by atoms with Crippen molar-refractivity contribution >= 4 is 5.91 Å². The summed E-state index contributed by atoms with van der Waals surface area (Å²) in [6.45, 7) is 5.88. The van der Waals surface area contributed by atoms with Crippen molar-refractivity contribution in [2.45, 2.75) is 70.9 Å². The van der Waals surface area contributed by atoms with Crippen LogP contribution in [0.2, 0.25) is 0 Å². The van der Waals surface area contributed by atoms with Crippen LogP contribution >= 0.6 is 0 Å². The van der Waals surface area contributed by atoms with Gasteiger partial charge in [0.25, 0.3) is 0 Å². The molecule has 1 saturated carbocycles. The number of halogens is 4. The maximum Gasteiger partial charge on any atom is 0.395 e. The molecule has 1 atom stereocenters. The molecule has 1 aromatic carbocycles. The Hall–Kier alpha value is -2.76. The smallest absolute Gasteiger partial charge is 0.395 e. The summed E-state index contributed by atoms with van der Waals surface area (Å²) in [5, 5.41) is 0. The lowest BCUT2D eigenvalue weighted by molar-refractivity contribution is -0.256. The van der Waals surface area contributed by atoms with Gasteiger partial charge in [0, 0.05) is 45.5 Å². The van der Waals surface area contributed by atoms with Gasteiger partial charge in [0.2, 0.25) is 11.8 Å². The molecule has 242 valence electrons. The van der Waals surface area contributed by atoms with Crippen LogP contribution in [0, 0.1) is 17.2 Å². The van der Waals surface area contributed by atoms with Crippen molar-refractivity contribution in [1.82, 2.24) is 9.88 Å². The number of primary amides is 1.